The molecule has 8 nitrogen and oxygen atoms in total. The molecule has 1 aliphatic carbocycles. The Morgan fingerprint density at radius 1 is 1.10 bits per heavy atom. The van der Waals surface area contributed by atoms with Crippen molar-refractivity contribution in [2.45, 2.75) is 44.3 Å². The van der Waals surface area contributed by atoms with Crippen LogP contribution in [0.3, 0.4) is 0 Å². The Kier molecular flexibility index (Phi) is 6.13. The molecular weight excluding hydrogens is 493 g/mol. The second kappa shape index (κ2) is 9.65. The van der Waals surface area contributed by atoms with Gasteiger partial charge in [-0.05, 0) is 56.0 Å². The molecule has 0 bridgehead atoms. The van der Waals surface area contributed by atoms with Crippen molar-refractivity contribution < 1.29 is 4.39 Å². The largest absolute Gasteiger partial charge is 0.367 e. The van der Waals surface area contributed by atoms with Crippen molar-refractivity contribution in [1.29, 1.82) is 5.41 Å². The summed E-state index contributed by atoms with van der Waals surface area (Å²) in [4.78, 5) is 22.5. The van der Waals surface area contributed by atoms with Gasteiger partial charge in [-0.2, -0.15) is 4.39 Å². The van der Waals surface area contributed by atoms with E-state index >= 15 is 0 Å². The van der Waals surface area contributed by atoms with Crippen molar-refractivity contribution in [1.82, 2.24) is 19.4 Å². The van der Waals surface area contributed by atoms with Crippen LogP contribution in [0.5, 0.6) is 0 Å². The Balaban J connectivity index is 1.42. The maximum Gasteiger partial charge on any atom is 0.267 e. The zero-order chi connectivity index (χ0) is 27.1. The minimum atomic E-state index is -0.518. The number of halogens is 1. The van der Waals surface area contributed by atoms with Gasteiger partial charge >= 0.3 is 0 Å². The van der Waals surface area contributed by atoms with Gasteiger partial charge in [0.15, 0.2) is 0 Å². The van der Waals surface area contributed by atoms with E-state index in [1.165, 1.54) is 6.07 Å². The molecule has 1 saturated carbocycles. The molecule has 0 amide bonds. The number of hydrogen-bond donors (Lipinski definition) is 3. The highest BCUT2D eigenvalue weighted by atomic mass is 19.1. The van der Waals surface area contributed by atoms with Crippen LogP contribution < -0.4 is 32.5 Å². The fourth-order valence-electron chi connectivity index (χ4n) is 5.72. The van der Waals surface area contributed by atoms with Gasteiger partial charge in [0.25, 0.3) is 5.56 Å². The van der Waals surface area contributed by atoms with Crippen LogP contribution in [0.1, 0.15) is 31.7 Å². The normalized spacial score (nSPS) is 20.1. The summed E-state index contributed by atoms with van der Waals surface area (Å²) in [5.41, 5.74) is 3.25. The number of nitrogens with zero attached hydrogens (tertiary/aromatic N) is 4. The molecule has 2 aromatic heterocycles. The van der Waals surface area contributed by atoms with Crippen molar-refractivity contribution in [2.75, 3.05) is 5.32 Å². The maximum absolute atomic E-state index is 13.7. The van der Waals surface area contributed by atoms with E-state index in [0.717, 1.165) is 36.1 Å². The molecule has 1 aliphatic heterocycles. The Hall–Kier alpha value is -4.53. The topological polar surface area (TPSA) is 100 Å². The van der Waals surface area contributed by atoms with Crippen molar-refractivity contribution in [3.63, 3.8) is 0 Å². The van der Waals surface area contributed by atoms with Crippen molar-refractivity contribution in [3.05, 3.63) is 111 Å². The number of fused-ring (bicyclic) bond motifs is 3. The summed E-state index contributed by atoms with van der Waals surface area (Å²) in [5, 5.41) is 16.2. The Morgan fingerprint density at radius 2 is 1.87 bits per heavy atom. The molecule has 1 unspecified atom stereocenters. The van der Waals surface area contributed by atoms with Crippen LogP contribution in [-0.4, -0.2) is 20.2 Å². The summed E-state index contributed by atoms with van der Waals surface area (Å²) >= 11 is 0. The fourth-order valence-corrected chi connectivity index (χ4v) is 5.72. The number of rotatable bonds is 6. The fraction of sp³-hybridized carbons (Fsp3) is 0.267. The monoisotopic (exact) mass is 523 g/mol. The van der Waals surface area contributed by atoms with Crippen LogP contribution in [0.4, 0.5) is 10.1 Å². The zero-order valence-corrected chi connectivity index (χ0v) is 21.9. The van der Waals surface area contributed by atoms with Crippen LogP contribution in [0.15, 0.2) is 82.6 Å². The number of anilines is 1. The number of benzene rings is 2. The van der Waals surface area contributed by atoms with Gasteiger partial charge in [0.1, 0.15) is 16.5 Å². The molecule has 2 aromatic carbocycles. The SMILES string of the molecule is Cn1c(=O)/c(=C(/NCc2ccc(-c3cccc(F)n3)cc2)Nc2ccccc2)c(=N)n2c1=N[C@@H]1CCCC12C. The van der Waals surface area contributed by atoms with Gasteiger partial charge < -0.3 is 10.6 Å². The van der Waals surface area contributed by atoms with Gasteiger partial charge in [0.2, 0.25) is 11.6 Å². The van der Waals surface area contributed by atoms with Crippen LogP contribution >= 0.6 is 0 Å². The molecule has 3 heterocycles. The Labute approximate surface area is 224 Å². The van der Waals surface area contributed by atoms with Gasteiger partial charge in [-0.1, -0.05) is 48.5 Å². The van der Waals surface area contributed by atoms with Crippen molar-refractivity contribution >= 4 is 11.5 Å². The lowest BCUT2D eigenvalue weighted by Gasteiger charge is -2.27. The zero-order valence-electron chi connectivity index (χ0n) is 21.9. The van der Waals surface area contributed by atoms with E-state index < -0.39 is 5.95 Å². The molecule has 39 heavy (non-hydrogen) atoms. The number of nitrogens with one attached hydrogen (secondary N) is 3. The van der Waals surface area contributed by atoms with Crippen LogP contribution in [0.25, 0.3) is 17.1 Å². The number of hydrogen-bond acceptors (Lipinski definition) is 6. The van der Waals surface area contributed by atoms with Crippen LogP contribution in [0, 0.1) is 11.4 Å². The van der Waals surface area contributed by atoms with E-state index in [1.54, 1.807) is 23.7 Å². The minimum Gasteiger partial charge on any atom is -0.367 e. The highest BCUT2D eigenvalue weighted by Crippen LogP contribution is 2.38. The molecular formula is C30H30FN7O. The third-order valence-corrected chi connectivity index (χ3v) is 7.87. The number of pyridine rings is 1. The van der Waals surface area contributed by atoms with Crippen LogP contribution in [-0.2, 0) is 19.1 Å². The smallest absolute Gasteiger partial charge is 0.267 e. The van der Waals surface area contributed by atoms with E-state index in [1.807, 2.05) is 59.2 Å². The first kappa shape index (κ1) is 24.8. The molecule has 2 atom stereocenters. The van der Waals surface area contributed by atoms with E-state index in [4.69, 9.17) is 4.99 Å². The molecule has 9 heteroatoms. The first-order chi connectivity index (χ1) is 18.8. The molecule has 0 spiro atoms. The summed E-state index contributed by atoms with van der Waals surface area (Å²) in [6, 6.07) is 22.1. The van der Waals surface area contributed by atoms with E-state index in [2.05, 4.69) is 22.5 Å². The predicted molar refractivity (Wildman–Crippen MR) is 148 cm³/mol. The summed E-state index contributed by atoms with van der Waals surface area (Å²) in [5.74, 6) is -0.0573. The van der Waals surface area contributed by atoms with Gasteiger partial charge in [0.05, 0.1) is 17.3 Å². The first-order valence-electron chi connectivity index (χ1n) is 13.1. The highest BCUT2D eigenvalue weighted by molar-refractivity contribution is 5.63. The van der Waals surface area contributed by atoms with Crippen LogP contribution in [0.2, 0.25) is 0 Å². The molecule has 0 saturated heterocycles. The van der Waals surface area contributed by atoms with E-state index in [9.17, 15) is 14.6 Å². The van der Waals surface area contributed by atoms with Gasteiger partial charge in [-0.15, -0.1) is 0 Å². The van der Waals surface area contributed by atoms with Gasteiger partial charge in [-0.3, -0.25) is 19.3 Å². The van der Waals surface area contributed by atoms with Crippen molar-refractivity contribution in [2.24, 2.45) is 12.0 Å². The molecule has 0 radical (unpaired) electrons. The number of para-hydroxylation sites is 1. The lowest BCUT2D eigenvalue weighted by Crippen LogP contribution is -2.62. The third-order valence-electron chi connectivity index (χ3n) is 7.87. The summed E-state index contributed by atoms with van der Waals surface area (Å²) in [6.07, 6.45) is 2.93. The Morgan fingerprint density at radius 3 is 2.62 bits per heavy atom. The molecule has 6 rings (SSSR count). The lowest BCUT2D eigenvalue weighted by molar-refractivity contribution is 0.299. The van der Waals surface area contributed by atoms with Crippen molar-refractivity contribution in [3.8, 4) is 11.3 Å². The third kappa shape index (κ3) is 4.33. The second-order valence-corrected chi connectivity index (χ2v) is 10.4. The number of aromatic nitrogens is 3. The summed E-state index contributed by atoms with van der Waals surface area (Å²) < 4.78 is 17.1. The Bertz CT molecular complexity index is 1790. The van der Waals surface area contributed by atoms with E-state index in [0.29, 0.717) is 23.7 Å². The quantitative estimate of drug-likeness (QED) is 0.339. The molecule has 3 N–H and O–H groups in total. The first-order valence-corrected chi connectivity index (χ1v) is 13.1. The second-order valence-electron chi connectivity index (χ2n) is 10.4. The average Bonchev–Trinajstić information content (AvgIpc) is 3.45. The summed E-state index contributed by atoms with van der Waals surface area (Å²) in [7, 11) is 1.73. The highest BCUT2D eigenvalue weighted by Gasteiger charge is 2.45. The van der Waals surface area contributed by atoms with Gasteiger partial charge in [-0.25, -0.2) is 9.98 Å². The molecule has 198 valence electrons. The maximum atomic E-state index is 13.7. The predicted octanol–water partition coefficient (Wildman–Crippen LogP) is 2.74. The molecule has 2 aliphatic rings. The standard InChI is InChI=1S/C30H30FN7O/c1-30-17-7-11-23(30)36-29-37(2)28(39)25(26(32)38(29)30)27(34-21-8-4-3-5-9-21)33-18-19-13-15-20(16-14-19)22-10-6-12-24(31)35-22/h3-6,8-10,12-16,23,32-34H,7,11,17-18H2,1-2H3/b27-25-,32-26?/t23-,30?/m1/s1. The lowest BCUT2D eigenvalue weighted by atomic mass is 9.97. The summed E-state index contributed by atoms with van der Waals surface area (Å²) in [6.45, 7) is 2.55. The van der Waals surface area contributed by atoms with E-state index in [-0.39, 0.29) is 27.8 Å². The minimum absolute atomic E-state index is 0.0760. The van der Waals surface area contributed by atoms with Gasteiger partial charge in [0, 0.05) is 24.8 Å². The average molecular weight is 524 g/mol. The molecule has 1 fully saturated rings. The molecule has 4 aromatic rings.